The first kappa shape index (κ1) is 11.4. The van der Waals surface area contributed by atoms with Crippen LogP contribution in [0.25, 0.3) is 10.6 Å². The van der Waals surface area contributed by atoms with Crippen molar-refractivity contribution in [3.05, 3.63) is 34.2 Å². The minimum atomic E-state index is -0.327. The fourth-order valence-electron chi connectivity index (χ4n) is 1.31. The number of hydrogen-bond donors (Lipinski definition) is 1. The van der Waals surface area contributed by atoms with Gasteiger partial charge in [0.1, 0.15) is 10.8 Å². The van der Waals surface area contributed by atoms with Gasteiger partial charge >= 0.3 is 0 Å². The summed E-state index contributed by atoms with van der Waals surface area (Å²) in [6.45, 7) is 3.34. The van der Waals surface area contributed by atoms with Gasteiger partial charge in [-0.3, -0.25) is 0 Å². The summed E-state index contributed by atoms with van der Waals surface area (Å²) < 4.78 is 13.4. The largest absolute Gasteiger partial charge is 0.498 e. The van der Waals surface area contributed by atoms with E-state index in [4.69, 9.17) is 11.6 Å². The Kier molecular flexibility index (Phi) is 2.86. The molecule has 1 heterocycles. The molecular formula is C11H9ClFNOS. The molecule has 0 radical (unpaired) electrons. The predicted molar refractivity (Wildman–Crippen MR) is 63.7 cm³/mol. The van der Waals surface area contributed by atoms with Crippen LogP contribution >= 0.6 is 22.9 Å². The second-order valence-electron chi connectivity index (χ2n) is 3.49. The van der Waals surface area contributed by atoms with E-state index in [2.05, 4.69) is 4.98 Å². The molecule has 0 spiro atoms. The zero-order valence-electron chi connectivity index (χ0n) is 8.71. The highest BCUT2D eigenvalue weighted by Crippen LogP contribution is 2.36. The second-order valence-corrected chi connectivity index (χ2v) is 4.88. The number of aromatic nitrogens is 1. The fourth-order valence-corrected chi connectivity index (χ4v) is 2.52. The van der Waals surface area contributed by atoms with Gasteiger partial charge in [-0.2, -0.15) is 0 Å². The molecule has 1 aromatic carbocycles. The molecule has 16 heavy (non-hydrogen) atoms. The maximum Gasteiger partial charge on any atom is 0.195 e. The van der Waals surface area contributed by atoms with Crippen molar-refractivity contribution in [1.29, 1.82) is 0 Å². The molecule has 1 aromatic heterocycles. The van der Waals surface area contributed by atoms with Gasteiger partial charge < -0.3 is 5.11 Å². The Bertz CT molecular complexity index is 534. The molecule has 0 saturated carbocycles. The summed E-state index contributed by atoms with van der Waals surface area (Å²) in [6, 6.07) is 2.90. The molecule has 0 saturated heterocycles. The molecule has 2 rings (SSSR count). The van der Waals surface area contributed by atoms with E-state index in [1.807, 2.05) is 0 Å². The van der Waals surface area contributed by atoms with Crippen LogP contribution in [-0.4, -0.2) is 10.1 Å². The van der Waals surface area contributed by atoms with Crippen LogP contribution in [0.2, 0.25) is 5.02 Å². The SMILES string of the molecule is Cc1cc(Cl)c(-c2nc(C)c(O)s2)cc1F. The van der Waals surface area contributed by atoms with Crippen molar-refractivity contribution in [3.63, 3.8) is 0 Å². The van der Waals surface area contributed by atoms with E-state index in [9.17, 15) is 9.50 Å². The molecule has 84 valence electrons. The number of halogens is 2. The lowest BCUT2D eigenvalue weighted by Gasteiger charge is -2.03. The predicted octanol–water partition coefficient (Wildman–Crippen LogP) is 3.93. The van der Waals surface area contributed by atoms with Gasteiger partial charge in [-0.15, -0.1) is 0 Å². The van der Waals surface area contributed by atoms with Crippen molar-refractivity contribution in [1.82, 2.24) is 4.98 Å². The Hall–Kier alpha value is -1.13. The third-order valence-electron chi connectivity index (χ3n) is 2.25. The van der Waals surface area contributed by atoms with Gasteiger partial charge in [-0.1, -0.05) is 22.9 Å². The maximum absolute atomic E-state index is 13.4. The number of benzene rings is 1. The van der Waals surface area contributed by atoms with E-state index in [-0.39, 0.29) is 10.9 Å². The van der Waals surface area contributed by atoms with E-state index >= 15 is 0 Å². The van der Waals surface area contributed by atoms with Gasteiger partial charge in [0.05, 0.1) is 10.7 Å². The van der Waals surface area contributed by atoms with Gasteiger partial charge in [0, 0.05) is 5.56 Å². The van der Waals surface area contributed by atoms with Crippen molar-refractivity contribution in [3.8, 4) is 15.6 Å². The quantitative estimate of drug-likeness (QED) is 0.840. The Labute approximate surface area is 101 Å². The number of nitrogens with zero attached hydrogens (tertiary/aromatic N) is 1. The van der Waals surface area contributed by atoms with E-state index in [0.29, 0.717) is 26.9 Å². The molecule has 1 N–H and O–H groups in total. The van der Waals surface area contributed by atoms with Crippen molar-refractivity contribution in [2.75, 3.05) is 0 Å². The summed E-state index contributed by atoms with van der Waals surface area (Å²) in [5.41, 5.74) is 1.53. The first-order valence-electron chi connectivity index (χ1n) is 4.61. The standard InChI is InChI=1S/C11H9ClFNOS/c1-5-3-8(12)7(4-9(5)13)10-14-6(2)11(15)16-10/h3-4,15H,1-2H3. The van der Waals surface area contributed by atoms with Crippen molar-refractivity contribution < 1.29 is 9.50 Å². The van der Waals surface area contributed by atoms with Crippen LogP contribution in [0.4, 0.5) is 4.39 Å². The van der Waals surface area contributed by atoms with Crippen LogP contribution in [0, 0.1) is 19.7 Å². The molecule has 0 atom stereocenters. The topological polar surface area (TPSA) is 33.1 Å². The lowest BCUT2D eigenvalue weighted by molar-refractivity contribution is 0.485. The highest BCUT2D eigenvalue weighted by molar-refractivity contribution is 7.16. The van der Waals surface area contributed by atoms with Gasteiger partial charge in [-0.25, -0.2) is 9.37 Å². The van der Waals surface area contributed by atoms with Crippen LogP contribution < -0.4 is 0 Å². The highest BCUT2D eigenvalue weighted by Gasteiger charge is 2.13. The third kappa shape index (κ3) is 1.90. The Balaban J connectivity index is 2.60. The van der Waals surface area contributed by atoms with Crippen molar-refractivity contribution in [2.45, 2.75) is 13.8 Å². The zero-order valence-corrected chi connectivity index (χ0v) is 10.3. The second kappa shape index (κ2) is 4.03. The summed E-state index contributed by atoms with van der Waals surface area (Å²) >= 11 is 7.11. The maximum atomic E-state index is 13.4. The molecule has 0 aliphatic heterocycles. The minimum absolute atomic E-state index is 0.132. The Morgan fingerprint density at radius 1 is 1.38 bits per heavy atom. The van der Waals surface area contributed by atoms with E-state index in [1.165, 1.54) is 6.07 Å². The first-order chi connectivity index (χ1) is 7.49. The van der Waals surface area contributed by atoms with Crippen LogP contribution in [0.5, 0.6) is 5.06 Å². The highest BCUT2D eigenvalue weighted by atomic mass is 35.5. The first-order valence-corrected chi connectivity index (χ1v) is 5.81. The Morgan fingerprint density at radius 2 is 2.06 bits per heavy atom. The molecule has 2 nitrogen and oxygen atoms in total. The number of hydrogen-bond acceptors (Lipinski definition) is 3. The van der Waals surface area contributed by atoms with E-state index in [0.717, 1.165) is 11.3 Å². The molecular weight excluding hydrogens is 249 g/mol. The zero-order chi connectivity index (χ0) is 11.9. The summed E-state index contributed by atoms with van der Waals surface area (Å²) in [5.74, 6) is -0.327. The smallest absolute Gasteiger partial charge is 0.195 e. The molecule has 0 fully saturated rings. The summed E-state index contributed by atoms with van der Waals surface area (Å²) in [5, 5.41) is 10.5. The monoisotopic (exact) mass is 257 g/mol. The number of aryl methyl sites for hydroxylation is 2. The average Bonchev–Trinajstić information content (AvgIpc) is 2.53. The lowest BCUT2D eigenvalue weighted by atomic mass is 10.1. The number of rotatable bonds is 1. The molecule has 0 bridgehead atoms. The van der Waals surface area contributed by atoms with Gasteiger partial charge in [-0.05, 0) is 31.5 Å². The molecule has 0 aliphatic rings. The molecule has 0 amide bonds. The third-order valence-corrected chi connectivity index (χ3v) is 3.56. The van der Waals surface area contributed by atoms with Gasteiger partial charge in [0.15, 0.2) is 5.06 Å². The van der Waals surface area contributed by atoms with Crippen LogP contribution in [0.3, 0.4) is 0 Å². The molecule has 2 aromatic rings. The van der Waals surface area contributed by atoms with Crippen LogP contribution in [0.1, 0.15) is 11.3 Å². The molecule has 0 aliphatic carbocycles. The minimum Gasteiger partial charge on any atom is -0.498 e. The summed E-state index contributed by atoms with van der Waals surface area (Å²) in [4.78, 5) is 4.13. The normalized spacial score (nSPS) is 10.8. The molecule has 0 unspecified atom stereocenters. The Morgan fingerprint density at radius 3 is 2.62 bits per heavy atom. The van der Waals surface area contributed by atoms with Crippen molar-refractivity contribution >= 4 is 22.9 Å². The van der Waals surface area contributed by atoms with E-state index < -0.39 is 0 Å². The van der Waals surface area contributed by atoms with E-state index in [1.54, 1.807) is 19.9 Å². The van der Waals surface area contributed by atoms with Crippen molar-refractivity contribution in [2.24, 2.45) is 0 Å². The summed E-state index contributed by atoms with van der Waals surface area (Å²) in [6.07, 6.45) is 0. The fraction of sp³-hybridized carbons (Fsp3) is 0.182. The average molecular weight is 258 g/mol. The molecule has 5 heteroatoms. The number of thiazole rings is 1. The summed E-state index contributed by atoms with van der Waals surface area (Å²) in [7, 11) is 0. The lowest BCUT2D eigenvalue weighted by Crippen LogP contribution is -1.86. The number of aromatic hydroxyl groups is 1. The van der Waals surface area contributed by atoms with Gasteiger partial charge in [0.25, 0.3) is 0 Å². The van der Waals surface area contributed by atoms with Crippen LogP contribution in [0.15, 0.2) is 12.1 Å². The van der Waals surface area contributed by atoms with Crippen LogP contribution in [-0.2, 0) is 0 Å². The van der Waals surface area contributed by atoms with Gasteiger partial charge in [0.2, 0.25) is 0 Å².